The van der Waals surface area contributed by atoms with Gasteiger partial charge in [-0.2, -0.15) is 0 Å². The second-order valence-electron chi connectivity index (χ2n) is 14.6. The average Bonchev–Trinajstić information content (AvgIpc) is 2.82. The first-order valence-electron chi connectivity index (χ1n) is 16.2. The summed E-state index contributed by atoms with van der Waals surface area (Å²) in [6.07, 6.45) is 6.18. The monoisotopic (exact) mass is 570 g/mol. The highest BCUT2D eigenvalue weighted by Crippen LogP contribution is 2.66. The SMILES string of the molecule is CCC(CC)(CC)C(C)(C)[Si](OC(=O)O[Si](C(C)C)(C(C)C)C(C)(C)C(CC)(CC)CC)(C(C)C)C(C)C. The molecule has 0 atom stereocenters. The van der Waals surface area contributed by atoms with E-state index in [1.54, 1.807) is 0 Å². The van der Waals surface area contributed by atoms with Crippen molar-refractivity contribution in [2.75, 3.05) is 0 Å². The molecular weight excluding hydrogens is 501 g/mol. The fourth-order valence-electron chi connectivity index (χ4n) is 10.2. The lowest BCUT2D eigenvalue weighted by Crippen LogP contribution is -2.63. The van der Waals surface area contributed by atoms with E-state index in [-0.39, 0.29) is 49.2 Å². The average molecular weight is 571 g/mol. The van der Waals surface area contributed by atoms with Crippen molar-refractivity contribution < 1.29 is 13.6 Å². The van der Waals surface area contributed by atoms with Crippen molar-refractivity contribution in [3.63, 3.8) is 0 Å². The van der Waals surface area contributed by atoms with Crippen LogP contribution in [0.2, 0.25) is 32.2 Å². The van der Waals surface area contributed by atoms with E-state index in [4.69, 9.17) is 8.85 Å². The van der Waals surface area contributed by atoms with Crippen LogP contribution in [0.5, 0.6) is 0 Å². The Morgan fingerprint density at radius 1 is 0.500 bits per heavy atom. The summed E-state index contributed by atoms with van der Waals surface area (Å²) in [5.41, 5.74) is 1.41. The van der Waals surface area contributed by atoms with Gasteiger partial charge in [0.25, 0.3) is 16.6 Å². The molecule has 0 heterocycles. The van der Waals surface area contributed by atoms with Crippen LogP contribution in [0.4, 0.5) is 4.79 Å². The molecule has 0 saturated heterocycles. The summed E-state index contributed by atoms with van der Waals surface area (Å²) in [6.45, 7) is 42.0. The van der Waals surface area contributed by atoms with Gasteiger partial charge in [0.1, 0.15) is 0 Å². The van der Waals surface area contributed by atoms with Crippen molar-refractivity contribution in [1.82, 2.24) is 0 Å². The standard InChI is InChI=1S/C33H70O3Si2/c1-19-32(20-2,21-3)30(15,16)37(25(7)8,26(9)10)35-29(34)36-38(27(11)12,28(13)14)31(17,18)33(22-4,23-5)24-6/h25-28H,19-24H2,1-18H3. The van der Waals surface area contributed by atoms with Crippen LogP contribution in [0, 0.1) is 10.8 Å². The summed E-state index contributed by atoms with van der Waals surface area (Å²) in [5.74, 6) is 0. The van der Waals surface area contributed by atoms with Crippen LogP contribution in [0.1, 0.15) is 163 Å². The minimum atomic E-state index is -2.69. The third kappa shape index (κ3) is 5.59. The van der Waals surface area contributed by atoms with E-state index in [9.17, 15) is 4.79 Å². The molecule has 228 valence electrons. The molecule has 0 aromatic heterocycles. The van der Waals surface area contributed by atoms with Crippen molar-refractivity contribution in [2.24, 2.45) is 10.8 Å². The normalized spacial score (nSPS) is 14.7. The maximum atomic E-state index is 14.4. The van der Waals surface area contributed by atoms with Crippen LogP contribution < -0.4 is 0 Å². The number of rotatable bonds is 16. The Balaban J connectivity index is 7.19. The fourth-order valence-corrected chi connectivity index (χ4v) is 23.6. The molecule has 0 rings (SSSR count). The predicted molar refractivity (Wildman–Crippen MR) is 174 cm³/mol. The molecule has 0 N–H and O–H groups in total. The highest BCUT2D eigenvalue weighted by molar-refractivity contribution is 6.82. The van der Waals surface area contributed by atoms with Gasteiger partial charge in [-0.15, -0.1) is 0 Å². The van der Waals surface area contributed by atoms with Crippen molar-refractivity contribution in [3.8, 4) is 0 Å². The van der Waals surface area contributed by atoms with E-state index in [0.29, 0.717) is 0 Å². The number of hydrogen-bond donors (Lipinski definition) is 0. The van der Waals surface area contributed by atoms with E-state index in [1.165, 1.54) is 0 Å². The third-order valence-corrected chi connectivity index (χ3v) is 25.4. The number of carbonyl (C=O) groups is 1. The smallest absolute Gasteiger partial charge is 0.480 e. The molecule has 0 aliphatic carbocycles. The van der Waals surface area contributed by atoms with Gasteiger partial charge in [0, 0.05) is 10.1 Å². The number of hydrogen-bond acceptors (Lipinski definition) is 3. The summed E-state index contributed by atoms with van der Waals surface area (Å²) in [4.78, 5) is 14.4. The van der Waals surface area contributed by atoms with Crippen LogP contribution in [-0.2, 0) is 8.85 Å². The van der Waals surface area contributed by atoms with E-state index >= 15 is 0 Å². The molecule has 0 amide bonds. The summed E-state index contributed by atoms with van der Waals surface area (Å²) < 4.78 is 14.0. The Bertz CT molecular complexity index is 636. The molecule has 0 aliphatic rings. The second kappa shape index (κ2) is 13.6. The molecule has 0 bridgehead atoms. The van der Waals surface area contributed by atoms with Crippen LogP contribution in [0.15, 0.2) is 0 Å². The molecule has 3 nitrogen and oxygen atoms in total. The summed E-state index contributed by atoms with van der Waals surface area (Å²) in [5, 5.41) is -0.204. The highest BCUT2D eigenvalue weighted by atomic mass is 28.4. The Morgan fingerprint density at radius 3 is 0.816 bits per heavy atom. The minimum absolute atomic E-state index is 0.102. The van der Waals surface area contributed by atoms with Crippen molar-refractivity contribution in [1.29, 1.82) is 0 Å². The van der Waals surface area contributed by atoms with Crippen molar-refractivity contribution in [2.45, 2.75) is 195 Å². The first kappa shape index (κ1) is 37.7. The first-order chi connectivity index (χ1) is 17.2. The van der Waals surface area contributed by atoms with Gasteiger partial charge in [-0.3, -0.25) is 0 Å². The molecule has 0 spiro atoms. The zero-order valence-electron chi connectivity index (χ0n) is 29.3. The van der Waals surface area contributed by atoms with Crippen LogP contribution in [-0.4, -0.2) is 22.8 Å². The topological polar surface area (TPSA) is 35.5 Å². The molecule has 38 heavy (non-hydrogen) atoms. The Hall–Kier alpha value is -0.296. The third-order valence-electron chi connectivity index (χ3n) is 12.6. The van der Waals surface area contributed by atoms with Crippen LogP contribution in [0.25, 0.3) is 0 Å². The van der Waals surface area contributed by atoms with E-state index in [2.05, 4.69) is 125 Å². The molecule has 0 fully saturated rings. The van der Waals surface area contributed by atoms with Gasteiger partial charge >= 0.3 is 6.16 Å². The van der Waals surface area contributed by atoms with E-state index < -0.39 is 16.6 Å². The zero-order chi connectivity index (χ0) is 30.5. The molecule has 5 heteroatoms. The van der Waals surface area contributed by atoms with E-state index in [0.717, 1.165) is 38.5 Å². The molecule has 0 radical (unpaired) electrons. The summed E-state index contributed by atoms with van der Waals surface area (Å²) >= 11 is 0. The first-order valence-corrected chi connectivity index (χ1v) is 20.3. The van der Waals surface area contributed by atoms with Crippen molar-refractivity contribution in [3.05, 3.63) is 0 Å². The maximum Gasteiger partial charge on any atom is 0.480 e. The molecule has 0 aromatic carbocycles. The molecule has 0 aromatic rings. The maximum absolute atomic E-state index is 14.4. The van der Waals surface area contributed by atoms with E-state index in [1.807, 2.05) is 0 Å². The fraction of sp³-hybridized carbons (Fsp3) is 0.970. The second-order valence-corrected chi connectivity index (χ2v) is 25.3. The Morgan fingerprint density at radius 2 is 0.684 bits per heavy atom. The lowest BCUT2D eigenvalue weighted by Gasteiger charge is -2.59. The van der Waals surface area contributed by atoms with Gasteiger partial charge < -0.3 is 8.85 Å². The van der Waals surface area contributed by atoms with Crippen LogP contribution >= 0.6 is 0 Å². The van der Waals surface area contributed by atoms with Gasteiger partial charge in [-0.25, -0.2) is 4.79 Å². The largest absolute Gasteiger partial charge is 0.489 e. The highest BCUT2D eigenvalue weighted by Gasteiger charge is 2.66. The quantitative estimate of drug-likeness (QED) is 0.173. The van der Waals surface area contributed by atoms with Crippen molar-refractivity contribution >= 4 is 22.8 Å². The molecular formula is C33H70O3Si2. The van der Waals surface area contributed by atoms with Crippen LogP contribution in [0.3, 0.4) is 0 Å². The van der Waals surface area contributed by atoms with Gasteiger partial charge in [0.15, 0.2) is 0 Å². The Labute approximate surface area is 242 Å². The number of carbonyl (C=O) groups excluding carboxylic acids is 1. The Kier molecular flexibility index (Phi) is 13.5. The lowest BCUT2D eigenvalue weighted by molar-refractivity contribution is 0.0976. The molecule has 0 unspecified atom stereocenters. The zero-order valence-corrected chi connectivity index (χ0v) is 31.3. The van der Waals surface area contributed by atoms with Gasteiger partial charge in [0.05, 0.1) is 0 Å². The minimum Gasteiger partial charge on any atom is -0.489 e. The molecule has 0 saturated carbocycles. The predicted octanol–water partition coefficient (Wildman–Crippen LogP) is 12.7. The van der Waals surface area contributed by atoms with Gasteiger partial charge in [0.2, 0.25) is 0 Å². The lowest BCUT2D eigenvalue weighted by atomic mass is 9.70. The van der Waals surface area contributed by atoms with Gasteiger partial charge in [-0.05, 0) is 33.0 Å². The molecule has 0 aliphatic heterocycles. The summed E-state index contributed by atoms with van der Waals surface area (Å²) in [6, 6.07) is 0. The summed E-state index contributed by atoms with van der Waals surface area (Å²) in [7, 11) is -5.38. The van der Waals surface area contributed by atoms with Gasteiger partial charge in [-0.1, -0.05) is 163 Å².